The first-order chi connectivity index (χ1) is 10.6. The van der Waals surface area contributed by atoms with E-state index in [2.05, 4.69) is 24.1 Å². The topological polar surface area (TPSA) is 71.5 Å². The number of carbonyl (C=O) groups excluding carboxylic acids is 1. The van der Waals surface area contributed by atoms with E-state index in [0.717, 1.165) is 10.6 Å². The zero-order valence-corrected chi connectivity index (χ0v) is 13.5. The SMILES string of the molecule is CC(C)c1ncc(C(=O)NCc2ccccc2OCCO)s1. The molecule has 0 fully saturated rings. The Morgan fingerprint density at radius 2 is 2.18 bits per heavy atom. The van der Waals surface area contributed by atoms with Crippen molar-refractivity contribution in [2.75, 3.05) is 13.2 Å². The molecule has 2 rings (SSSR count). The maximum Gasteiger partial charge on any atom is 0.263 e. The number of aromatic nitrogens is 1. The Morgan fingerprint density at radius 3 is 2.86 bits per heavy atom. The summed E-state index contributed by atoms with van der Waals surface area (Å²) in [5.41, 5.74) is 0.873. The van der Waals surface area contributed by atoms with E-state index < -0.39 is 0 Å². The summed E-state index contributed by atoms with van der Waals surface area (Å²) >= 11 is 1.41. The van der Waals surface area contributed by atoms with Crippen LogP contribution >= 0.6 is 11.3 Å². The summed E-state index contributed by atoms with van der Waals surface area (Å²) in [7, 11) is 0. The Bertz CT molecular complexity index is 625. The maximum absolute atomic E-state index is 12.2. The standard InChI is InChI=1S/C16H20N2O3S/c1-11(2)16-18-10-14(22-16)15(20)17-9-12-5-3-4-6-13(12)21-8-7-19/h3-6,10-11,19H,7-9H2,1-2H3,(H,17,20). The van der Waals surface area contributed by atoms with Gasteiger partial charge in [0.15, 0.2) is 0 Å². The lowest BCUT2D eigenvalue weighted by Gasteiger charge is -2.11. The number of aliphatic hydroxyl groups excluding tert-OH is 1. The van der Waals surface area contributed by atoms with Crippen LogP contribution in [-0.2, 0) is 6.54 Å². The molecule has 1 heterocycles. The monoisotopic (exact) mass is 320 g/mol. The van der Waals surface area contributed by atoms with Crippen molar-refractivity contribution in [3.8, 4) is 5.75 Å². The average molecular weight is 320 g/mol. The Kier molecular flexibility index (Phi) is 5.91. The number of hydrogen-bond acceptors (Lipinski definition) is 5. The first-order valence-electron chi connectivity index (χ1n) is 7.17. The molecule has 0 spiro atoms. The molecule has 0 saturated heterocycles. The first kappa shape index (κ1) is 16.5. The van der Waals surface area contributed by atoms with E-state index >= 15 is 0 Å². The predicted octanol–water partition coefficient (Wildman–Crippen LogP) is 2.57. The zero-order valence-electron chi connectivity index (χ0n) is 12.7. The molecule has 1 aromatic carbocycles. The van der Waals surface area contributed by atoms with E-state index in [1.165, 1.54) is 11.3 Å². The van der Waals surface area contributed by atoms with Gasteiger partial charge in [0.05, 0.1) is 17.8 Å². The Balaban J connectivity index is 1.98. The smallest absolute Gasteiger partial charge is 0.263 e. The number of nitrogens with one attached hydrogen (secondary N) is 1. The van der Waals surface area contributed by atoms with Crippen LogP contribution in [0.3, 0.4) is 0 Å². The molecule has 0 aliphatic rings. The number of thiazole rings is 1. The Hall–Kier alpha value is -1.92. The molecule has 2 N–H and O–H groups in total. The number of hydrogen-bond donors (Lipinski definition) is 2. The number of amides is 1. The molecule has 0 atom stereocenters. The fourth-order valence-corrected chi connectivity index (χ4v) is 2.71. The van der Waals surface area contributed by atoms with Crippen molar-refractivity contribution < 1.29 is 14.6 Å². The molecule has 0 radical (unpaired) electrons. The third kappa shape index (κ3) is 4.29. The summed E-state index contributed by atoms with van der Waals surface area (Å²) in [6.45, 7) is 4.66. The molecule has 0 bridgehead atoms. The van der Waals surface area contributed by atoms with Crippen LogP contribution in [0.2, 0.25) is 0 Å². The number of para-hydroxylation sites is 1. The molecule has 0 unspecified atom stereocenters. The van der Waals surface area contributed by atoms with Gasteiger partial charge in [-0.1, -0.05) is 32.0 Å². The average Bonchev–Trinajstić information content (AvgIpc) is 3.01. The number of ether oxygens (including phenoxy) is 1. The zero-order chi connectivity index (χ0) is 15.9. The largest absolute Gasteiger partial charge is 0.491 e. The second-order valence-corrected chi connectivity index (χ2v) is 6.14. The molecule has 6 heteroatoms. The van der Waals surface area contributed by atoms with Crippen LogP contribution in [0.5, 0.6) is 5.75 Å². The van der Waals surface area contributed by atoms with Crippen molar-refractivity contribution in [1.82, 2.24) is 10.3 Å². The highest BCUT2D eigenvalue weighted by atomic mass is 32.1. The molecule has 1 amide bonds. The van der Waals surface area contributed by atoms with E-state index in [9.17, 15) is 4.79 Å². The lowest BCUT2D eigenvalue weighted by molar-refractivity contribution is 0.0954. The molecule has 118 valence electrons. The van der Waals surface area contributed by atoms with Crippen molar-refractivity contribution in [2.45, 2.75) is 26.3 Å². The summed E-state index contributed by atoms with van der Waals surface area (Å²) in [5.74, 6) is 0.851. The second kappa shape index (κ2) is 7.91. The summed E-state index contributed by atoms with van der Waals surface area (Å²) in [4.78, 5) is 17.0. The van der Waals surface area contributed by atoms with E-state index in [1.807, 2.05) is 24.3 Å². The molecular formula is C16H20N2O3S. The van der Waals surface area contributed by atoms with Gasteiger partial charge < -0.3 is 15.2 Å². The van der Waals surface area contributed by atoms with Crippen molar-refractivity contribution >= 4 is 17.2 Å². The summed E-state index contributed by atoms with van der Waals surface area (Å²) in [6.07, 6.45) is 1.61. The second-order valence-electron chi connectivity index (χ2n) is 5.08. The number of aliphatic hydroxyl groups is 1. The van der Waals surface area contributed by atoms with Gasteiger partial charge in [0.1, 0.15) is 17.2 Å². The van der Waals surface area contributed by atoms with Crippen molar-refractivity contribution in [3.05, 3.63) is 45.9 Å². The van der Waals surface area contributed by atoms with Crippen LogP contribution in [0.25, 0.3) is 0 Å². The number of nitrogens with zero attached hydrogens (tertiary/aromatic N) is 1. The minimum atomic E-state index is -0.138. The van der Waals surface area contributed by atoms with Crippen molar-refractivity contribution in [1.29, 1.82) is 0 Å². The van der Waals surface area contributed by atoms with Crippen LogP contribution in [0, 0.1) is 0 Å². The molecule has 2 aromatic rings. The van der Waals surface area contributed by atoms with Gasteiger partial charge in [-0.2, -0.15) is 0 Å². The van der Waals surface area contributed by atoms with E-state index in [1.54, 1.807) is 6.20 Å². The van der Waals surface area contributed by atoms with Crippen LogP contribution in [0.1, 0.15) is 40.0 Å². The van der Waals surface area contributed by atoms with E-state index in [4.69, 9.17) is 9.84 Å². The molecule has 22 heavy (non-hydrogen) atoms. The predicted molar refractivity (Wildman–Crippen MR) is 86.4 cm³/mol. The van der Waals surface area contributed by atoms with Crippen molar-refractivity contribution in [2.24, 2.45) is 0 Å². The van der Waals surface area contributed by atoms with Crippen LogP contribution in [0.4, 0.5) is 0 Å². The summed E-state index contributed by atoms with van der Waals surface area (Å²) in [6, 6.07) is 7.45. The third-order valence-electron chi connectivity index (χ3n) is 3.00. The maximum atomic E-state index is 12.2. The normalized spacial score (nSPS) is 10.7. The molecule has 0 saturated carbocycles. The van der Waals surface area contributed by atoms with Crippen molar-refractivity contribution in [3.63, 3.8) is 0 Å². The minimum Gasteiger partial charge on any atom is -0.491 e. The number of rotatable bonds is 7. The van der Waals surface area contributed by atoms with Gasteiger partial charge in [-0.15, -0.1) is 11.3 Å². The van der Waals surface area contributed by atoms with E-state index in [-0.39, 0.29) is 19.1 Å². The van der Waals surface area contributed by atoms with Gasteiger partial charge >= 0.3 is 0 Å². The quantitative estimate of drug-likeness (QED) is 0.822. The lowest BCUT2D eigenvalue weighted by Crippen LogP contribution is -2.22. The highest BCUT2D eigenvalue weighted by Crippen LogP contribution is 2.21. The third-order valence-corrected chi connectivity index (χ3v) is 4.30. The van der Waals surface area contributed by atoms with Gasteiger partial charge in [0, 0.05) is 18.0 Å². The van der Waals surface area contributed by atoms with Crippen LogP contribution in [-0.4, -0.2) is 29.2 Å². The highest BCUT2D eigenvalue weighted by molar-refractivity contribution is 7.13. The Labute approximate surface area is 134 Å². The fourth-order valence-electron chi connectivity index (χ4n) is 1.87. The highest BCUT2D eigenvalue weighted by Gasteiger charge is 2.13. The summed E-state index contributed by atoms with van der Waals surface area (Å²) in [5, 5.41) is 12.7. The molecule has 0 aliphatic heterocycles. The molecule has 0 aliphatic carbocycles. The first-order valence-corrected chi connectivity index (χ1v) is 7.99. The molecule has 1 aromatic heterocycles. The van der Waals surface area contributed by atoms with Gasteiger partial charge in [0.2, 0.25) is 0 Å². The Morgan fingerprint density at radius 1 is 1.41 bits per heavy atom. The summed E-state index contributed by atoms with van der Waals surface area (Å²) < 4.78 is 5.45. The van der Waals surface area contributed by atoms with E-state index in [0.29, 0.717) is 23.1 Å². The van der Waals surface area contributed by atoms with Crippen LogP contribution < -0.4 is 10.1 Å². The van der Waals surface area contributed by atoms with Gasteiger partial charge in [-0.05, 0) is 6.07 Å². The number of carbonyl (C=O) groups is 1. The lowest BCUT2D eigenvalue weighted by atomic mass is 10.2. The minimum absolute atomic E-state index is 0.0421. The van der Waals surface area contributed by atoms with Gasteiger partial charge in [-0.25, -0.2) is 4.98 Å². The van der Waals surface area contributed by atoms with Crippen LogP contribution in [0.15, 0.2) is 30.5 Å². The molecular weight excluding hydrogens is 300 g/mol. The van der Waals surface area contributed by atoms with Gasteiger partial charge in [-0.3, -0.25) is 4.79 Å². The molecule has 5 nitrogen and oxygen atoms in total. The fraction of sp³-hybridized carbons (Fsp3) is 0.375. The van der Waals surface area contributed by atoms with Gasteiger partial charge in [0.25, 0.3) is 5.91 Å². The number of benzene rings is 1.